The molecule has 2 atom stereocenters. The number of aliphatic hydroxyl groups is 1. The van der Waals surface area contributed by atoms with E-state index in [9.17, 15) is 5.11 Å². The van der Waals surface area contributed by atoms with Gasteiger partial charge in [0.1, 0.15) is 0 Å². The Hall–Kier alpha value is -0.730. The van der Waals surface area contributed by atoms with Crippen molar-refractivity contribution in [3.05, 3.63) is 28.8 Å². The van der Waals surface area contributed by atoms with Gasteiger partial charge in [-0.2, -0.15) is 0 Å². The number of para-hydroxylation sites is 1. The number of nitrogens with zero attached hydrogens (tertiary/aromatic N) is 1. The van der Waals surface area contributed by atoms with Crippen molar-refractivity contribution < 1.29 is 5.11 Å². The van der Waals surface area contributed by atoms with Crippen LogP contribution in [-0.2, 0) is 6.61 Å². The van der Waals surface area contributed by atoms with Crippen molar-refractivity contribution in [2.24, 2.45) is 5.92 Å². The minimum absolute atomic E-state index is 0.0515. The van der Waals surface area contributed by atoms with Crippen molar-refractivity contribution in [1.29, 1.82) is 0 Å². The van der Waals surface area contributed by atoms with Gasteiger partial charge in [0.2, 0.25) is 0 Å². The van der Waals surface area contributed by atoms with E-state index in [4.69, 9.17) is 11.6 Å². The summed E-state index contributed by atoms with van der Waals surface area (Å²) in [5.74, 6) is 0.740. The van der Waals surface area contributed by atoms with E-state index in [0.717, 1.165) is 28.7 Å². The lowest BCUT2D eigenvalue weighted by Crippen LogP contribution is -2.42. The molecule has 0 bridgehead atoms. The number of aliphatic hydroxyl groups excluding tert-OH is 1. The summed E-state index contributed by atoms with van der Waals surface area (Å²) in [5, 5.41) is 10.3. The number of hydrogen-bond acceptors (Lipinski definition) is 2. The number of piperidine rings is 1. The fraction of sp³-hybridized carbons (Fsp3) is 0.600. The number of hydrogen-bond donors (Lipinski definition) is 1. The van der Waals surface area contributed by atoms with Gasteiger partial charge < -0.3 is 10.0 Å². The van der Waals surface area contributed by atoms with Crippen LogP contribution >= 0.6 is 11.6 Å². The third kappa shape index (κ3) is 2.65. The van der Waals surface area contributed by atoms with Crippen LogP contribution in [0.15, 0.2) is 18.2 Å². The van der Waals surface area contributed by atoms with Gasteiger partial charge in [-0.05, 0) is 31.7 Å². The predicted octanol–water partition coefficient (Wildman–Crippen LogP) is 3.85. The number of rotatable bonds is 3. The first-order valence-corrected chi connectivity index (χ1v) is 7.20. The Bertz CT molecular complexity index is 407. The zero-order valence-electron chi connectivity index (χ0n) is 11.2. The molecule has 18 heavy (non-hydrogen) atoms. The summed E-state index contributed by atoms with van der Waals surface area (Å²) >= 11 is 6.34. The van der Waals surface area contributed by atoms with Crippen LogP contribution in [0, 0.1) is 5.92 Å². The fourth-order valence-corrected chi connectivity index (χ4v) is 3.14. The van der Waals surface area contributed by atoms with Crippen LogP contribution in [0.1, 0.15) is 38.7 Å². The van der Waals surface area contributed by atoms with Crippen molar-refractivity contribution in [2.45, 2.75) is 45.8 Å². The van der Waals surface area contributed by atoms with Crippen molar-refractivity contribution in [1.82, 2.24) is 0 Å². The molecule has 2 rings (SSSR count). The normalized spacial score (nSPS) is 24.3. The molecule has 0 aliphatic carbocycles. The molecule has 2 nitrogen and oxygen atoms in total. The molecule has 1 aromatic carbocycles. The molecule has 1 saturated heterocycles. The van der Waals surface area contributed by atoms with Crippen LogP contribution in [0.25, 0.3) is 0 Å². The Morgan fingerprint density at radius 2 is 2.17 bits per heavy atom. The highest BCUT2D eigenvalue weighted by Gasteiger charge is 2.27. The molecule has 2 unspecified atom stereocenters. The Labute approximate surface area is 115 Å². The lowest BCUT2D eigenvalue weighted by atomic mass is 9.90. The second-order valence-electron chi connectivity index (χ2n) is 5.26. The first-order chi connectivity index (χ1) is 8.67. The Morgan fingerprint density at radius 1 is 1.39 bits per heavy atom. The average Bonchev–Trinajstić information content (AvgIpc) is 2.39. The number of halogens is 1. The molecule has 1 aliphatic rings. The summed E-state index contributed by atoms with van der Waals surface area (Å²) in [6.07, 6.45) is 3.71. The molecule has 1 N–H and O–H groups in total. The molecule has 100 valence electrons. The highest BCUT2D eigenvalue weighted by Crippen LogP contribution is 2.36. The second-order valence-corrected chi connectivity index (χ2v) is 5.67. The van der Waals surface area contributed by atoms with E-state index < -0.39 is 0 Å². The van der Waals surface area contributed by atoms with Gasteiger partial charge >= 0.3 is 0 Å². The van der Waals surface area contributed by atoms with Gasteiger partial charge in [0, 0.05) is 18.2 Å². The van der Waals surface area contributed by atoms with Crippen LogP contribution in [0.5, 0.6) is 0 Å². The van der Waals surface area contributed by atoms with E-state index in [1.807, 2.05) is 18.2 Å². The Balaban J connectivity index is 2.34. The van der Waals surface area contributed by atoms with E-state index in [-0.39, 0.29) is 6.61 Å². The molecule has 1 aliphatic heterocycles. The van der Waals surface area contributed by atoms with Crippen molar-refractivity contribution in [3.63, 3.8) is 0 Å². The van der Waals surface area contributed by atoms with Gasteiger partial charge in [-0.1, -0.05) is 37.1 Å². The highest BCUT2D eigenvalue weighted by atomic mass is 35.5. The zero-order valence-corrected chi connectivity index (χ0v) is 12.0. The van der Waals surface area contributed by atoms with Gasteiger partial charge in [-0.15, -0.1) is 0 Å². The topological polar surface area (TPSA) is 23.5 Å². The van der Waals surface area contributed by atoms with Gasteiger partial charge in [0.15, 0.2) is 0 Å². The lowest BCUT2D eigenvalue weighted by molar-refractivity contribution is 0.280. The quantitative estimate of drug-likeness (QED) is 0.899. The maximum absolute atomic E-state index is 9.50. The second kappa shape index (κ2) is 5.94. The summed E-state index contributed by atoms with van der Waals surface area (Å²) in [6, 6.07) is 6.28. The van der Waals surface area contributed by atoms with Crippen LogP contribution in [0.3, 0.4) is 0 Å². The molecule has 0 saturated carbocycles. The summed E-state index contributed by atoms with van der Waals surface area (Å²) in [6.45, 7) is 5.60. The number of anilines is 1. The van der Waals surface area contributed by atoms with Gasteiger partial charge in [-0.3, -0.25) is 0 Å². The standard InChI is InChI=1S/C15H22ClNO/c1-3-12-8-7-11(2)17(9-12)15-13(10-18)5-4-6-14(15)16/h4-6,11-12,18H,3,7-10H2,1-2H3. The molecule has 1 heterocycles. The summed E-state index contributed by atoms with van der Waals surface area (Å²) in [4.78, 5) is 2.38. The van der Waals surface area contributed by atoms with Gasteiger partial charge in [0.25, 0.3) is 0 Å². The molecule has 0 radical (unpaired) electrons. The van der Waals surface area contributed by atoms with E-state index in [1.165, 1.54) is 19.3 Å². The fourth-order valence-electron chi connectivity index (χ4n) is 2.84. The molecule has 1 fully saturated rings. The Kier molecular flexibility index (Phi) is 4.52. The molecule has 1 aromatic rings. The van der Waals surface area contributed by atoms with Gasteiger partial charge in [0.05, 0.1) is 17.3 Å². The summed E-state index contributed by atoms with van der Waals surface area (Å²) < 4.78 is 0. The maximum Gasteiger partial charge on any atom is 0.0702 e. The Morgan fingerprint density at radius 3 is 2.83 bits per heavy atom. The lowest BCUT2D eigenvalue weighted by Gasteiger charge is -2.40. The van der Waals surface area contributed by atoms with Crippen LogP contribution in [0.4, 0.5) is 5.69 Å². The molecule has 3 heteroatoms. The van der Waals surface area contributed by atoms with E-state index >= 15 is 0 Å². The molecular weight excluding hydrogens is 246 g/mol. The van der Waals surface area contributed by atoms with Crippen LogP contribution in [-0.4, -0.2) is 17.7 Å². The van der Waals surface area contributed by atoms with Crippen LogP contribution < -0.4 is 4.90 Å². The first-order valence-electron chi connectivity index (χ1n) is 6.82. The predicted molar refractivity (Wildman–Crippen MR) is 77.2 cm³/mol. The van der Waals surface area contributed by atoms with Crippen molar-refractivity contribution >= 4 is 17.3 Å². The molecule has 0 amide bonds. The molecule has 0 spiro atoms. The third-order valence-electron chi connectivity index (χ3n) is 4.08. The van der Waals surface area contributed by atoms with E-state index in [0.29, 0.717) is 6.04 Å². The van der Waals surface area contributed by atoms with E-state index in [2.05, 4.69) is 18.7 Å². The molecule has 0 aromatic heterocycles. The minimum atomic E-state index is 0.0515. The highest BCUT2D eigenvalue weighted by molar-refractivity contribution is 6.33. The minimum Gasteiger partial charge on any atom is -0.392 e. The SMILES string of the molecule is CCC1CCC(C)N(c2c(Cl)cccc2CO)C1. The van der Waals surface area contributed by atoms with Crippen molar-refractivity contribution in [3.8, 4) is 0 Å². The average molecular weight is 268 g/mol. The maximum atomic E-state index is 9.50. The third-order valence-corrected chi connectivity index (χ3v) is 4.39. The summed E-state index contributed by atoms with van der Waals surface area (Å²) in [7, 11) is 0. The molecular formula is C15H22ClNO. The largest absolute Gasteiger partial charge is 0.392 e. The van der Waals surface area contributed by atoms with Gasteiger partial charge in [-0.25, -0.2) is 0 Å². The smallest absolute Gasteiger partial charge is 0.0702 e. The van der Waals surface area contributed by atoms with Crippen LogP contribution in [0.2, 0.25) is 5.02 Å². The monoisotopic (exact) mass is 267 g/mol. The van der Waals surface area contributed by atoms with E-state index in [1.54, 1.807) is 0 Å². The zero-order chi connectivity index (χ0) is 13.1. The first kappa shape index (κ1) is 13.7. The summed E-state index contributed by atoms with van der Waals surface area (Å²) in [5.41, 5.74) is 1.97. The number of benzene rings is 1. The van der Waals surface area contributed by atoms with Crippen molar-refractivity contribution in [2.75, 3.05) is 11.4 Å².